The molecule has 0 atom stereocenters. The van der Waals surface area contributed by atoms with Gasteiger partial charge in [-0.05, 0) is 32.9 Å². The van der Waals surface area contributed by atoms with E-state index in [4.69, 9.17) is 9.26 Å². The number of nitrogens with zero attached hydrogens (tertiary/aromatic N) is 4. The van der Waals surface area contributed by atoms with Crippen LogP contribution in [0.15, 0.2) is 41.1 Å². The maximum atomic E-state index is 5.78. The predicted molar refractivity (Wildman–Crippen MR) is 89.8 cm³/mol. The van der Waals surface area contributed by atoms with E-state index in [-0.39, 0.29) is 6.10 Å². The van der Waals surface area contributed by atoms with E-state index in [1.165, 1.54) is 6.20 Å². The van der Waals surface area contributed by atoms with E-state index in [2.05, 4.69) is 31.0 Å². The molecule has 124 valence electrons. The Hall–Kier alpha value is -3.16. The molecule has 0 fully saturated rings. The topological polar surface area (TPSA) is 98.0 Å². The second kappa shape index (κ2) is 6.95. The van der Waals surface area contributed by atoms with Gasteiger partial charge in [-0.1, -0.05) is 17.3 Å². The highest BCUT2D eigenvalue weighted by atomic mass is 16.5. The Balaban J connectivity index is 1.77. The van der Waals surface area contributed by atoms with Crippen LogP contribution in [-0.4, -0.2) is 26.4 Å². The lowest BCUT2D eigenvalue weighted by Gasteiger charge is -2.15. The number of aromatic nitrogens is 4. The van der Waals surface area contributed by atoms with Gasteiger partial charge in [-0.25, -0.2) is 0 Å². The fraction of sp³-hybridized carbons (Fsp3) is 0.250. The summed E-state index contributed by atoms with van der Waals surface area (Å²) in [5.74, 6) is 2.81. The number of benzene rings is 1. The number of anilines is 4. The fourth-order valence-corrected chi connectivity index (χ4v) is 2.02. The smallest absolute Gasteiger partial charge is 0.250 e. The molecular formula is C16H18N6O2. The van der Waals surface area contributed by atoms with E-state index in [0.29, 0.717) is 23.3 Å². The molecule has 2 N–H and O–H groups in total. The summed E-state index contributed by atoms with van der Waals surface area (Å²) in [5.41, 5.74) is 0.801. The lowest BCUT2D eigenvalue weighted by Crippen LogP contribution is -2.08. The molecule has 1 aromatic carbocycles. The Morgan fingerprint density at radius 1 is 1.12 bits per heavy atom. The third-order valence-electron chi connectivity index (χ3n) is 2.94. The summed E-state index contributed by atoms with van der Waals surface area (Å²) in [6, 6.07) is 9.39. The molecule has 8 heteroatoms. The second-order valence-electron chi connectivity index (χ2n) is 5.40. The van der Waals surface area contributed by atoms with Crippen LogP contribution in [0, 0.1) is 6.92 Å². The van der Waals surface area contributed by atoms with E-state index >= 15 is 0 Å². The van der Waals surface area contributed by atoms with E-state index in [0.717, 1.165) is 11.4 Å². The fourth-order valence-electron chi connectivity index (χ4n) is 2.02. The molecule has 24 heavy (non-hydrogen) atoms. The number of aryl methyl sites for hydroxylation is 1. The zero-order chi connectivity index (χ0) is 16.9. The Morgan fingerprint density at radius 2 is 1.96 bits per heavy atom. The summed E-state index contributed by atoms with van der Waals surface area (Å²) in [6.45, 7) is 5.76. The third-order valence-corrected chi connectivity index (χ3v) is 2.94. The SMILES string of the molecule is Cc1cc(Nc2nncc(Nc3ccccc3OC(C)C)n2)no1. The van der Waals surface area contributed by atoms with Crippen molar-refractivity contribution in [2.45, 2.75) is 26.9 Å². The molecule has 0 spiro atoms. The number of ether oxygens (including phenoxy) is 1. The summed E-state index contributed by atoms with van der Waals surface area (Å²) < 4.78 is 10.8. The molecule has 2 heterocycles. The van der Waals surface area contributed by atoms with E-state index in [1.807, 2.05) is 38.1 Å². The number of para-hydroxylation sites is 2. The highest BCUT2D eigenvalue weighted by molar-refractivity contribution is 5.64. The van der Waals surface area contributed by atoms with Crippen molar-refractivity contribution in [1.29, 1.82) is 0 Å². The van der Waals surface area contributed by atoms with Crippen LogP contribution in [0.3, 0.4) is 0 Å². The van der Waals surface area contributed by atoms with Crippen LogP contribution < -0.4 is 15.4 Å². The van der Waals surface area contributed by atoms with Crippen LogP contribution in [-0.2, 0) is 0 Å². The summed E-state index contributed by atoms with van der Waals surface area (Å²) in [5, 5.41) is 17.8. The van der Waals surface area contributed by atoms with Crippen LogP contribution in [0.1, 0.15) is 19.6 Å². The lowest BCUT2D eigenvalue weighted by atomic mass is 10.3. The normalized spacial score (nSPS) is 10.7. The van der Waals surface area contributed by atoms with Gasteiger partial charge in [0, 0.05) is 6.07 Å². The van der Waals surface area contributed by atoms with Gasteiger partial charge in [0.1, 0.15) is 11.5 Å². The first-order chi connectivity index (χ1) is 11.6. The number of hydrogen-bond acceptors (Lipinski definition) is 8. The van der Waals surface area contributed by atoms with Gasteiger partial charge in [0.05, 0.1) is 18.0 Å². The van der Waals surface area contributed by atoms with Crippen molar-refractivity contribution in [3.05, 3.63) is 42.3 Å². The van der Waals surface area contributed by atoms with Crippen LogP contribution in [0.4, 0.5) is 23.3 Å². The Morgan fingerprint density at radius 3 is 2.71 bits per heavy atom. The molecule has 0 unspecified atom stereocenters. The largest absolute Gasteiger partial charge is 0.489 e. The van der Waals surface area contributed by atoms with Gasteiger partial charge in [-0.2, -0.15) is 10.1 Å². The molecule has 0 saturated carbocycles. The Bertz CT molecular complexity index is 818. The molecular weight excluding hydrogens is 308 g/mol. The maximum absolute atomic E-state index is 5.78. The molecule has 8 nitrogen and oxygen atoms in total. The molecule has 0 bridgehead atoms. The number of rotatable bonds is 6. The monoisotopic (exact) mass is 326 g/mol. The minimum atomic E-state index is 0.0732. The van der Waals surface area contributed by atoms with Gasteiger partial charge in [0.15, 0.2) is 11.6 Å². The summed E-state index contributed by atoms with van der Waals surface area (Å²) in [4.78, 5) is 4.36. The van der Waals surface area contributed by atoms with Crippen LogP contribution in [0.25, 0.3) is 0 Å². The van der Waals surface area contributed by atoms with Crippen LogP contribution in [0.5, 0.6) is 5.75 Å². The van der Waals surface area contributed by atoms with Crippen molar-refractivity contribution in [3.8, 4) is 5.75 Å². The minimum Gasteiger partial charge on any atom is -0.489 e. The van der Waals surface area contributed by atoms with E-state index < -0.39 is 0 Å². The van der Waals surface area contributed by atoms with Crippen molar-refractivity contribution in [2.24, 2.45) is 0 Å². The summed E-state index contributed by atoms with van der Waals surface area (Å²) in [7, 11) is 0. The highest BCUT2D eigenvalue weighted by Gasteiger charge is 2.08. The van der Waals surface area contributed by atoms with Crippen LogP contribution >= 0.6 is 0 Å². The first kappa shape index (κ1) is 15.7. The van der Waals surface area contributed by atoms with Gasteiger partial charge in [0.2, 0.25) is 5.95 Å². The Kier molecular flexibility index (Phi) is 4.55. The number of nitrogens with one attached hydrogen (secondary N) is 2. The first-order valence-corrected chi connectivity index (χ1v) is 7.53. The average molecular weight is 326 g/mol. The molecule has 0 aliphatic carbocycles. The van der Waals surface area contributed by atoms with E-state index in [1.54, 1.807) is 13.0 Å². The maximum Gasteiger partial charge on any atom is 0.250 e. The molecule has 0 saturated heterocycles. The quantitative estimate of drug-likeness (QED) is 0.711. The van der Waals surface area contributed by atoms with Gasteiger partial charge in [-0.15, -0.1) is 5.10 Å². The molecule has 2 aromatic heterocycles. The first-order valence-electron chi connectivity index (χ1n) is 7.53. The number of hydrogen-bond donors (Lipinski definition) is 2. The Labute approximate surface area is 139 Å². The molecule has 0 aliphatic heterocycles. The van der Waals surface area contributed by atoms with Gasteiger partial charge in [-0.3, -0.25) is 0 Å². The molecule has 3 aromatic rings. The lowest BCUT2D eigenvalue weighted by molar-refractivity contribution is 0.244. The summed E-state index contributed by atoms with van der Waals surface area (Å²) in [6.07, 6.45) is 1.61. The standard InChI is InChI=1S/C16H18N6O2/c1-10(2)23-13-7-5-4-6-12(13)18-15-9-17-21-16(20-15)19-14-8-11(3)24-22-14/h4-10H,1-3H3,(H2,18,19,20,21,22). The van der Waals surface area contributed by atoms with Crippen molar-refractivity contribution < 1.29 is 9.26 Å². The van der Waals surface area contributed by atoms with Crippen molar-refractivity contribution in [3.63, 3.8) is 0 Å². The van der Waals surface area contributed by atoms with Gasteiger partial charge >= 0.3 is 0 Å². The zero-order valence-electron chi connectivity index (χ0n) is 13.6. The predicted octanol–water partition coefficient (Wildman–Crippen LogP) is 3.44. The van der Waals surface area contributed by atoms with E-state index in [9.17, 15) is 0 Å². The molecule has 0 amide bonds. The van der Waals surface area contributed by atoms with Crippen molar-refractivity contribution in [1.82, 2.24) is 20.3 Å². The van der Waals surface area contributed by atoms with Crippen molar-refractivity contribution in [2.75, 3.05) is 10.6 Å². The average Bonchev–Trinajstić information content (AvgIpc) is 2.94. The van der Waals surface area contributed by atoms with Crippen LogP contribution in [0.2, 0.25) is 0 Å². The summed E-state index contributed by atoms with van der Waals surface area (Å²) >= 11 is 0. The zero-order valence-corrected chi connectivity index (χ0v) is 13.6. The minimum absolute atomic E-state index is 0.0732. The van der Waals surface area contributed by atoms with Crippen molar-refractivity contribution >= 4 is 23.3 Å². The van der Waals surface area contributed by atoms with Gasteiger partial charge in [0.25, 0.3) is 0 Å². The highest BCUT2D eigenvalue weighted by Crippen LogP contribution is 2.27. The molecule has 0 aliphatic rings. The molecule has 3 rings (SSSR count). The second-order valence-corrected chi connectivity index (χ2v) is 5.40. The molecule has 0 radical (unpaired) electrons. The third kappa shape index (κ3) is 3.97. The van der Waals surface area contributed by atoms with Gasteiger partial charge < -0.3 is 19.9 Å².